The molecule has 0 amide bonds. The highest BCUT2D eigenvalue weighted by Crippen LogP contribution is 2.54. The zero-order chi connectivity index (χ0) is 84.3. The van der Waals surface area contributed by atoms with E-state index in [0.717, 1.165) is 86.2 Å². The molecule has 6 unspecified atom stereocenters. The molecule has 14 heteroatoms. The molecule has 12 aromatic rings. The Labute approximate surface area is 751 Å². The third-order valence-electron chi connectivity index (χ3n) is 25.8. The predicted octanol–water partition coefficient (Wildman–Crippen LogP) is 37.2. The lowest BCUT2D eigenvalue weighted by Gasteiger charge is -2.20. The number of unbranched alkanes of at least 4 members (excludes halogenated alkanes) is 16. The highest BCUT2D eigenvalue weighted by molar-refractivity contribution is 7.33. The molecule has 0 aliphatic rings. The average Bonchev–Trinajstić information content (AvgIpc) is 1.59. The number of rotatable bonds is 53. The van der Waals surface area contributed by atoms with Crippen molar-refractivity contribution in [2.75, 3.05) is 6.61 Å². The number of ether oxygens (including phenoxy) is 1. The summed E-state index contributed by atoms with van der Waals surface area (Å²) in [4.78, 5) is 38.6. The van der Waals surface area contributed by atoms with Gasteiger partial charge in [0.2, 0.25) is 0 Å². The molecular weight excluding hydrogens is 1600 g/mol. The standard InChI is InChI=1S/C54H78N2S4.C51H69N3OS4/c1-9-15-19-21-22-24-28-41(27-23-20-16-10-2)32-42-35-48(59-52(42)47-30-29-37(7)57-47)49-36-44-51-50(43-31-38(8)58-53(43)54(44)60-49)55-45(33-39(13-5)25-17-11-3)46(56-51)34-40(14-6)26-18-12-4;1-9-15-19-20-24-37(23-18-12-4)32-55-43-30-45(59-51(43)48-38(31-52)25-33(7)56-48)44-29-40-47-46(39-26-34(8)57-49(39)50(40)58-44)53-41(27-35(13-5)21-16-10-2)42(54-47)28-36(14-6)22-17-11-3/h29-31,35-36,39-41H,9-28,32-34H2,1-8H3;25-26,29-30,35-37H,9-24,27-28,32H2,1-8H3. The van der Waals surface area contributed by atoms with Crippen molar-refractivity contribution in [3.8, 4) is 50.8 Å². The maximum atomic E-state index is 10.2. The van der Waals surface area contributed by atoms with E-state index in [-0.39, 0.29) is 0 Å². The van der Waals surface area contributed by atoms with Gasteiger partial charge in [0, 0.05) is 76.4 Å². The average molecular weight is 1750 g/mol. The number of nitriles is 1. The molecule has 12 rings (SSSR count). The van der Waals surface area contributed by atoms with Gasteiger partial charge < -0.3 is 4.74 Å². The molecule has 10 aromatic heterocycles. The van der Waals surface area contributed by atoms with E-state index in [2.05, 4.69) is 177 Å². The maximum absolute atomic E-state index is 10.2. The highest BCUT2D eigenvalue weighted by Gasteiger charge is 2.29. The van der Waals surface area contributed by atoms with Gasteiger partial charge in [-0.15, -0.1) is 90.7 Å². The first kappa shape index (κ1) is 94.7. The molecule has 0 bridgehead atoms. The molecule has 0 N–H and O–H groups in total. The molecule has 0 radical (unpaired) electrons. The molecule has 119 heavy (non-hydrogen) atoms. The summed E-state index contributed by atoms with van der Waals surface area (Å²) in [5, 5.41) is 15.3. The Kier molecular flexibility index (Phi) is 38.6. The van der Waals surface area contributed by atoms with Crippen molar-refractivity contribution in [3.05, 3.63) is 108 Å². The zero-order valence-corrected chi connectivity index (χ0v) is 82.8. The SMILES string of the molecule is CCCCCCC(CCCC)COc1cc(-c2cc3c4nc(CC(CC)CCCC)c(CC(CC)CCCC)nc4c4cc(C)sc4c3s2)sc1-c1sc(C)cc1C#N.CCCCCCCCC(CCCCCC)Cc1cc(-c2cc3c4nc(CC(CC)CCCC)c(CC(CC)CCCC)nc4c4cc(C)sc4c3s2)sc1-c1ccc(C)s1. The fourth-order valence-corrected chi connectivity index (χ4v) is 27.5. The van der Waals surface area contributed by atoms with Crippen LogP contribution in [-0.4, -0.2) is 26.5 Å². The van der Waals surface area contributed by atoms with Crippen LogP contribution in [-0.2, 0) is 32.1 Å². The summed E-state index contributed by atoms with van der Waals surface area (Å²) in [5.41, 5.74) is 11.8. The van der Waals surface area contributed by atoms with Crippen molar-refractivity contribution in [3.63, 3.8) is 0 Å². The first-order chi connectivity index (χ1) is 58.0. The molecule has 0 spiro atoms. The van der Waals surface area contributed by atoms with Gasteiger partial charge in [-0.25, -0.2) is 19.9 Å². The van der Waals surface area contributed by atoms with E-state index < -0.39 is 0 Å². The van der Waals surface area contributed by atoms with E-state index in [1.165, 1.54) is 345 Å². The Bertz CT molecular complexity index is 5130. The number of fused-ring (bicyclic) bond motifs is 12. The van der Waals surface area contributed by atoms with Gasteiger partial charge in [-0.1, -0.05) is 301 Å². The fourth-order valence-electron chi connectivity index (χ4n) is 18.3. The second kappa shape index (κ2) is 48.5. The first-order valence-corrected chi connectivity index (χ1v) is 54.4. The number of thiophene rings is 8. The van der Waals surface area contributed by atoms with Crippen LogP contribution in [0, 0.1) is 74.5 Å². The number of aryl methyl sites for hydroxylation is 4. The van der Waals surface area contributed by atoms with Gasteiger partial charge >= 0.3 is 0 Å². The largest absolute Gasteiger partial charge is 0.492 e. The van der Waals surface area contributed by atoms with Crippen LogP contribution in [0.1, 0.15) is 368 Å². The number of hydrogen-bond donors (Lipinski definition) is 0. The van der Waals surface area contributed by atoms with Crippen molar-refractivity contribution >= 4 is 153 Å². The summed E-state index contributed by atoms with van der Waals surface area (Å²) in [5.74, 6) is 4.81. The van der Waals surface area contributed by atoms with E-state index in [4.69, 9.17) is 24.7 Å². The monoisotopic (exact) mass is 1750 g/mol. The van der Waals surface area contributed by atoms with Crippen LogP contribution >= 0.6 is 90.7 Å². The molecule has 0 aliphatic heterocycles. The lowest BCUT2D eigenvalue weighted by molar-refractivity contribution is 0.226. The second-order valence-electron chi connectivity index (χ2n) is 35.6. The quantitative estimate of drug-likeness (QED) is 0.0353. The molecule has 2 aromatic carbocycles. The van der Waals surface area contributed by atoms with Crippen LogP contribution in [0.2, 0.25) is 0 Å². The van der Waals surface area contributed by atoms with Crippen LogP contribution in [0.4, 0.5) is 0 Å². The summed E-state index contributed by atoms with van der Waals surface area (Å²) in [6.07, 6.45) is 51.8. The Morgan fingerprint density at radius 3 is 1.07 bits per heavy atom. The van der Waals surface area contributed by atoms with Crippen LogP contribution in [0.5, 0.6) is 5.75 Å². The van der Waals surface area contributed by atoms with Gasteiger partial charge in [-0.2, -0.15) is 5.26 Å². The number of hydrogen-bond acceptors (Lipinski definition) is 14. The van der Waals surface area contributed by atoms with Crippen molar-refractivity contribution < 1.29 is 4.74 Å². The van der Waals surface area contributed by atoms with Crippen molar-refractivity contribution in [1.29, 1.82) is 5.26 Å². The van der Waals surface area contributed by atoms with E-state index >= 15 is 0 Å². The third-order valence-corrected chi connectivity index (χ3v) is 35.6. The topological polar surface area (TPSA) is 84.6 Å². The lowest BCUT2D eigenvalue weighted by atomic mass is 9.88. The summed E-state index contributed by atoms with van der Waals surface area (Å²) >= 11 is 15.3. The van der Waals surface area contributed by atoms with Crippen molar-refractivity contribution in [2.24, 2.45) is 35.5 Å². The minimum Gasteiger partial charge on any atom is -0.492 e. The Morgan fingerprint density at radius 1 is 0.303 bits per heavy atom. The Balaban J connectivity index is 0.000000233. The molecule has 0 aliphatic carbocycles. The van der Waals surface area contributed by atoms with Gasteiger partial charge in [0.25, 0.3) is 0 Å². The molecule has 6 atom stereocenters. The number of benzene rings is 2. The van der Waals surface area contributed by atoms with E-state index in [0.29, 0.717) is 29.6 Å². The fraction of sp³-hybridized carbons (Fsp3) is 0.610. The van der Waals surface area contributed by atoms with Crippen molar-refractivity contribution in [2.45, 2.75) is 374 Å². The first-order valence-electron chi connectivity index (χ1n) is 47.8. The molecular formula is C105H147N5OS8. The van der Waals surface area contributed by atoms with Gasteiger partial charge in [0.05, 0.1) is 85.6 Å². The van der Waals surface area contributed by atoms with Gasteiger partial charge in [0.1, 0.15) is 11.8 Å². The maximum Gasteiger partial charge on any atom is 0.139 e. The predicted molar refractivity (Wildman–Crippen MR) is 537 cm³/mol. The summed E-state index contributed by atoms with van der Waals surface area (Å²) in [6, 6.07) is 23.9. The number of nitrogens with zero attached hydrogens (tertiary/aromatic N) is 5. The highest BCUT2D eigenvalue weighted by atomic mass is 32.1. The van der Waals surface area contributed by atoms with E-state index in [1.807, 2.05) is 62.8 Å². The number of aromatic nitrogens is 4. The second-order valence-corrected chi connectivity index (χ2v) is 44.8. The third kappa shape index (κ3) is 25.2. The van der Waals surface area contributed by atoms with Crippen LogP contribution < -0.4 is 4.74 Å². The van der Waals surface area contributed by atoms with Crippen molar-refractivity contribution in [1.82, 2.24) is 19.9 Å². The molecule has 10 heterocycles. The molecule has 0 fully saturated rings. The molecule has 0 saturated carbocycles. The Morgan fingerprint density at radius 2 is 0.655 bits per heavy atom. The molecule has 646 valence electrons. The van der Waals surface area contributed by atoms with Gasteiger partial charge in [-0.3, -0.25) is 0 Å². The summed E-state index contributed by atoms with van der Waals surface area (Å²) in [7, 11) is 0. The lowest BCUT2D eigenvalue weighted by Crippen LogP contribution is -2.13. The van der Waals surface area contributed by atoms with Crippen LogP contribution in [0.25, 0.3) is 101 Å². The van der Waals surface area contributed by atoms with Gasteiger partial charge in [0.15, 0.2) is 0 Å². The zero-order valence-electron chi connectivity index (χ0n) is 76.3. The van der Waals surface area contributed by atoms with Crippen LogP contribution in [0.3, 0.4) is 0 Å². The molecule has 0 saturated heterocycles. The van der Waals surface area contributed by atoms with E-state index in [9.17, 15) is 5.26 Å². The van der Waals surface area contributed by atoms with Gasteiger partial charge in [-0.05, 0) is 162 Å². The summed E-state index contributed by atoms with van der Waals surface area (Å²) < 4.78 is 12.4. The van der Waals surface area contributed by atoms with E-state index in [1.54, 1.807) is 28.2 Å². The molecule has 6 nitrogen and oxygen atoms in total. The minimum atomic E-state index is 0.542. The Hall–Kier alpha value is -4.95. The smallest absolute Gasteiger partial charge is 0.139 e. The van der Waals surface area contributed by atoms with Crippen LogP contribution in [0.15, 0.2) is 54.6 Å². The summed E-state index contributed by atoms with van der Waals surface area (Å²) in [6.45, 7) is 37.6. The normalized spacial score (nSPS) is 13.6. The minimum absolute atomic E-state index is 0.542.